The van der Waals surface area contributed by atoms with Gasteiger partial charge >= 0.3 is 5.97 Å². The Labute approximate surface area is 117 Å². The molecule has 1 heterocycles. The van der Waals surface area contributed by atoms with Gasteiger partial charge in [0, 0.05) is 29.3 Å². The van der Waals surface area contributed by atoms with E-state index in [1.807, 2.05) is 23.2 Å². The van der Waals surface area contributed by atoms with Crippen molar-refractivity contribution < 1.29 is 9.90 Å². The van der Waals surface area contributed by atoms with Crippen LogP contribution in [-0.2, 0) is 11.3 Å². The molecule has 1 aromatic heterocycles. The van der Waals surface area contributed by atoms with E-state index in [1.54, 1.807) is 17.4 Å². The summed E-state index contributed by atoms with van der Waals surface area (Å²) in [5.41, 5.74) is 0.961. The van der Waals surface area contributed by atoms with Gasteiger partial charge in [0.05, 0.1) is 0 Å². The van der Waals surface area contributed by atoms with Crippen LogP contribution in [0.5, 0.6) is 0 Å². The summed E-state index contributed by atoms with van der Waals surface area (Å²) in [6.45, 7) is 3.13. The van der Waals surface area contributed by atoms with Crippen LogP contribution in [0.2, 0.25) is 0 Å². The maximum absolute atomic E-state index is 10.4. The molecule has 1 atom stereocenters. The highest BCUT2D eigenvalue weighted by Gasteiger charge is 2.09. The summed E-state index contributed by atoms with van der Waals surface area (Å²) in [4.78, 5) is 14.0. The maximum Gasteiger partial charge on any atom is 0.328 e. The van der Waals surface area contributed by atoms with Gasteiger partial charge in [0.1, 0.15) is 0 Å². The Morgan fingerprint density at radius 3 is 3.00 bits per heavy atom. The molecule has 3 nitrogen and oxygen atoms in total. The molecule has 0 saturated carbocycles. The Morgan fingerprint density at radius 1 is 1.67 bits per heavy atom. The minimum absolute atomic E-state index is 0.542. The summed E-state index contributed by atoms with van der Waals surface area (Å²) in [5, 5.41) is 10.6. The topological polar surface area (TPSA) is 40.5 Å². The lowest BCUT2D eigenvalue weighted by atomic mass is 10.2. The fourth-order valence-electron chi connectivity index (χ4n) is 1.51. The van der Waals surface area contributed by atoms with E-state index >= 15 is 0 Å². The van der Waals surface area contributed by atoms with Crippen molar-refractivity contribution in [3.63, 3.8) is 0 Å². The first kappa shape index (κ1) is 15.3. The Balaban J connectivity index is 2.55. The first-order valence-electron chi connectivity index (χ1n) is 5.70. The summed E-state index contributed by atoms with van der Waals surface area (Å²) < 4.78 is 0. The second-order valence-corrected chi connectivity index (χ2v) is 6.14. The van der Waals surface area contributed by atoms with Crippen molar-refractivity contribution >= 4 is 35.1 Å². The molecule has 0 saturated heterocycles. The van der Waals surface area contributed by atoms with Gasteiger partial charge in [0.15, 0.2) is 0 Å². The minimum Gasteiger partial charge on any atom is -0.478 e. The third kappa shape index (κ3) is 5.25. The van der Waals surface area contributed by atoms with Crippen LogP contribution in [0.15, 0.2) is 17.5 Å². The highest BCUT2D eigenvalue weighted by molar-refractivity contribution is 7.98. The molecule has 100 valence electrons. The molecule has 5 heteroatoms. The molecule has 1 N–H and O–H groups in total. The summed E-state index contributed by atoms with van der Waals surface area (Å²) in [7, 11) is 2.12. The van der Waals surface area contributed by atoms with E-state index in [4.69, 9.17) is 5.11 Å². The van der Waals surface area contributed by atoms with Crippen LogP contribution in [-0.4, -0.2) is 41.1 Å². The van der Waals surface area contributed by atoms with Crippen molar-refractivity contribution in [3.05, 3.63) is 28.0 Å². The van der Waals surface area contributed by atoms with Gasteiger partial charge in [-0.05, 0) is 43.3 Å². The van der Waals surface area contributed by atoms with Crippen molar-refractivity contribution in [2.75, 3.05) is 19.1 Å². The summed E-state index contributed by atoms with van der Waals surface area (Å²) >= 11 is 3.52. The molecule has 0 bridgehead atoms. The van der Waals surface area contributed by atoms with Crippen molar-refractivity contribution in [3.8, 4) is 0 Å². The highest BCUT2D eigenvalue weighted by atomic mass is 32.2. The Hall–Kier alpha value is -0.780. The van der Waals surface area contributed by atoms with Crippen LogP contribution < -0.4 is 0 Å². The van der Waals surface area contributed by atoms with E-state index in [9.17, 15) is 4.79 Å². The van der Waals surface area contributed by atoms with Crippen LogP contribution in [0.3, 0.4) is 0 Å². The van der Waals surface area contributed by atoms with E-state index in [0.717, 1.165) is 17.9 Å². The fraction of sp³-hybridized carbons (Fsp3) is 0.462. The minimum atomic E-state index is -0.909. The van der Waals surface area contributed by atoms with Crippen LogP contribution in [0.1, 0.15) is 17.4 Å². The first-order valence-corrected chi connectivity index (χ1v) is 7.98. The van der Waals surface area contributed by atoms with E-state index in [0.29, 0.717) is 6.04 Å². The summed E-state index contributed by atoms with van der Waals surface area (Å²) in [6.07, 6.45) is 4.92. The predicted octanol–water partition coefficient (Wildman–Crippen LogP) is 3.03. The molecule has 18 heavy (non-hydrogen) atoms. The number of thiophene rings is 1. The second kappa shape index (κ2) is 7.61. The van der Waals surface area contributed by atoms with Crippen LogP contribution in [0, 0.1) is 0 Å². The van der Waals surface area contributed by atoms with Gasteiger partial charge in [-0.3, -0.25) is 4.90 Å². The van der Waals surface area contributed by atoms with Gasteiger partial charge in [-0.2, -0.15) is 11.8 Å². The number of carboxylic acid groups (broad SMARTS) is 1. The zero-order chi connectivity index (χ0) is 13.5. The van der Waals surface area contributed by atoms with Crippen molar-refractivity contribution in [1.82, 2.24) is 4.90 Å². The molecule has 0 aromatic carbocycles. The number of hydrogen-bond acceptors (Lipinski definition) is 4. The molecule has 1 unspecified atom stereocenters. The number of aliphatic carboxylic acids is 1. The Morgan fingerprint density at radius 2 is 2.39 bits per heavy atom. The molecule has 0 radical (unpaired) electrons. The average Bonchev–Trinajstić information content (AvgIpc) is 2.74. The van der Waals surface area contributed by atoms with E-state index < -0.39 is 5.97 Å². The van der Waals surface area contributed by atoms with Crippen molar-refractivity contribution in [2.24, 2.45) is 0 Å². The standard InChI is InChI=1S/C13H19NO2S2/c1-10(8-17-3)14(2)7-12-6-11(9-18-12)4-5-13(15)16/h4-6,9-10H,7-8H2,1-3H3,(H,15,16)/b5-4+. The van der Waals surface area contributed by atoms with E-state index in [-0.39, 0.29) is 0 Å². The molecular formula is C13H19NO2S2. The van der Waals surface area contributed by atoms with E-state index in [2.05, 4.69) is 25.1 Å². The van der Waals surface area contributed by atoms with Gasteiger partial charge in [-0.1, -0.05) is 0 Å². The highest BCUT2D eigenvalue weighted by Crippen LogP contribution is 2.19. The zero-order valence-electron chi connectivity index (χ0n) is 10.9. The molecule has 1 rings (SSSR count). The number of nitrogens with zero attached hydrogens (tertiary/aromatic N) is 1. The predicted molar refractivity (Wildman–Crippen MR) is 80.3 cm³/mol. The van der Waals surface area contributed by atoms with Gasteiger partial charge in [0.25, 0.3) is 0 Å². The number of thioether (sulfide) groups is 1. The SMILES string of the molecule is CSCC(C)N(C)Cc1cc(/C=C/C(=O)O)cs1. The summed E-state index contributed by atoms with van der Waals surface area (Å²) in [5.74, 6) is 0.210. The molecule has 1 aromatic rings. The lowest BCUT2D eigenvalue weighted by molar-refractivity contribution is -0.131. The van der Waals surface area contributed by atoms with Crippen LogP contribution in [0.4, 0.5) is 0 Å². The molecule has 0 aliphatic heterocycles. The fourth-order valence-corrected chi connectivity index (χ4v) is 3.16. The normalized spacial score (nSPS) is 13.3. The van der Waals surface area contributed by atoms with Crippen molar-refractivity contribution in [1.29, 1.82) is 0 Å². The maximum atomic E-state index is 10.4. The smallest absolute Gasteiger partial charge is 0.328 e. The largest absolute Gasteiger partial charge is 0.478 e. The monoisotopic (exact) mass is 285 g/mol. The molecular weight excluding hydrogens is 266 g/mol. The second-order valence-electron chi connectivity index (χ2n) is 4.24. The summed E-state index contributed by atoms with van der Waals surface area (Å²) in [6, 6.07) is 2.59. The van der Waals surface area contributed by atoms with Gasteiger partial charge in [-0.15, -0.1) is 11.3 Å². The molecule has 0 amide bonds. The number of hydrogen-bond donors (Lipinski definition) is 1. The lowest BCUT2D eigenvalue weighted by Gasteiger charge is -2.23. The van der Waals surface area contributed by atoms with Crippen LogP contribution >= 0.6 is 23.1 Å². The number of carbonyl (C=O) groups is 1. The molecule has 0 spiro atoms. The Kier molecular flexibility index (Phi) is 6.46. The average molecular weight is 285 g/mol. The van der Waals surface area contributed by atoms with Gasteiger partial charge < -0.3 is 5.11 Å². The molecule has 0 aliphatic carbocycles. The number of rotatable bonds is 7. The molecule has 0 aliphatic rings. The molecule has 0 fully saturated rings. The third-order valence-corrected chi connectivity index (χ3v) is 4.41. The first-order chi connectivity index (χ1) is 8.52. The van der Waals surface area contributed by atoms with E-state index in [1.165, 1.54) is 11.0 Å². The van der Waals surface area contributed by atoms with Gasteiger partial charge in [0.2, 0.25) is 0 Å². The lowest BCUT2D eigenvalue weighted by Crippen LogP contribution is -2.30. The van der Waals surface area contributed by atoms with Crippen molar-refractivity contribution in [2.45, 2.75) is 19.5 Å². The Bertz CT molecular complexity index is 415. The zero-order valence-corrected chi connectivity index (χ0v) is 12.6. The quantitative estimate of drug-likeness (QED) is 0.782. The third-order valence-electron chi connectivity index (χ3n) is 2.66. The number of carboxylic acids is 1. The van der Waals surface area contributed by atoms with Gasteiger partial charge in [-0.25, -0.2) is 4.79 Å². The van der Waals surface area contributed by atoms with Crippen LogP contribution in [0.25, 0.3) is 6.08 Å².